The van der Waals surface area contributed by atoms with Gasteiger partial charge >= 0.3 is 5.97 Å². The molecular formula is C20H25N5O4. The second-order valence-electron chi connectivity index (χ2n) is 7.53. The van der Waals surface area contributed by atoms with Crippen molar-refractivity contribution in [2.45, 2.75) is 37.7 Å². The molecule has 9 nitrogen and oxygen atoms in total. The van der Waals surface area contributed by atoms with Gasteiger partial charge in [-0.05, 0) is 30.5 Å². The summed E-state index contributed by atoms with van der Waals surface area (Å²) < 4.78 is 17.0. The third-order valence-corrected chi connectivity index (χ3v) is 5.36. The number of carbonyl (C=O) groups is 1. The fraction of sp³-hybridized carbons (Fsp3) is 0.500. The number of hydrogen-bond acceptors (Lipinski definition) is 9. The first-order valence-electron chi connectivity index (χ1n) is 9.73. The standard InChI is InChI=1S/C20H25N5O4/c1-25(2)19-23-16(22-18(21)24-19)12-29-17(26)20(7-3-4-8-20)13-5-6-14-15(11-13)28-10-9-27-14/h5-6,11H,3-4,7-10,12H2,1-2H3,(H2,21,22,23,24). The summed E-state index contributed by atoms with van der Waals surface area (Å²) in [6.45, 7) is 0.977. The number of anilines is 2. The smallest absolute Gasteiger partial charge is 0.317 e. The quantitative estimate of drug-likeness (QED) is 0.753. The van der Waals surface area contributed by atoms with Gasteiger partial charge in [-0.15, -0.1) is 0 Å². The molecule has 2 aliphatic rings. The molecule has 1 fully saturated rings. The molecule has 4 rings (SSSR count). The van der Waals surface area contributed by atoms with Gasteiger partial charge in [0.2, 0.25) is 11.9 Å². The minimum atomic E-state index is -0.696. The SMILES string of the molecule is CN(C)c1nc(N)nc(COC(=O)C2(c3ccc4c(c3)OCCO4)CCCC2)n1. The molecule has 1 aromatic heterocycles. The predicted octanol–water partition coefficient (Wildman–Crippen LogP) is 1.85. The van der Waals surface area contributed by atoms with Crippen molar-refractivity contribution >= 4 is 17.9 Å². The van der Waals surface area contributed by atoms with Crippen LogP contribution < -0.4 is 20.1 Å². The van der Waals surface area contributed by atoms with E-state index in [-0.39, 0.29) is 18.5 Å². The second-order valence-corrected chi connectivity index (χ2v) is 7.53. The fourth-order valence-corrected chi connectivity index (χ4v) is 3.89. The van der Waals surface area contributed by atoms with Gasteiger partial charge in [-0.3, -0.25) is 4.79 Å². The summed E-state index contributed by atoms with van der Waals surface area (Å²) >= 11 is 0. The lowest BCUT2D eigenvalue weighted by Gasteiger charge is -2.28. The largest absolute Gasteiger partial charge is 0.486 e. The van der Waals surface area contributed by atoms with Gasteiger partial charge in [0.05, 0.1) is 5.41 Å². The molecule has 0 saturated heterocycles. The zero-order valence-corrected chi connectivity index (χ0v) is 16.7. The maximum atomic E-state index is 13.2. The molecule has 0 radical (unpaired) electrons. The Morgan fingerprint density at radius 1 is 1.14 bits per heavy atom. The molecule has 1 aromatic carbocycles. The van der Waals surface area contributed by atoms with Crippen LogP contribution in [0.15, 0.2) is 18.2 Å². The lowest BCUT2D eigenvalue weighted by molar-refractivity contribution is -0.152. The maximum absolute atomic E-state index is 13.2. The van der Waals surface area contributed by atoms with Crippen molar-refractivity contribution in [3.8, 4) is 11.5 Å². The van der Waals surface area contributed by atoms with Crippen LogP contribution >= 0.6 is 0 Å². The van der Waals surface area contributed by atoms with E-state index in [1.165, 1.54) is 0 Å². The van der Waals surface area contributed by atoms with E-state index >= 15 is 0 Å². The van der Waals surface area contributed by atoms with Crippen molar-refractivity contribution in [3.05, 3.63) is 29.6 Å². The summed E-state index contributed by atoms with van der Waals surface area (Å²) in [6, 6.07) is 5.71. The summed E-state index contributed by atoms with van der Waals surface area (Å²) in [7, 11) is 3.61. The summed E-state index contributed by atoms with van der Waals surface area (Å²) in [5.74, 6) is 1.94. The second kappa shape index (κ2) is 7.73. The van der Waals surface area contributed by atoms with Crippen LogP contribution in [0, 0.1) is 0 Å². The molecule has 0 amide bonds. The van der Waals surface area contributed by atoms with Crippen molar-refractivity contribution in [1.29, 1.82) is 0 Å². The highest BCUT2D eigenvalue weighted by molar-refractivity contribution is 5.84. The number of aromatic nitrogens is 3. The van der Waals surface area contributed by atoms with Gasteiger partial charge in [-0.25, -0.2) is 0 Å². The Bertz CT molecular complexity index is 912. The Morgan fingerprint density at radius 2 is 1.86 bits per heavy atom. The zero-order chi connectivity index (χ0) is 20.4. The van der Waals surface area contributed by atoms with Crippen LogP contribution in [0.4, 0.5) is 11.9 Å². The van der Waals surface area contributed by atoms with Gasteiger partial charge in [-0.1, -0.05) is 18.9 Å². The van der Waals surface area contributed by atoms with Gasteiger partial charge in [0.15, 0.2) is 23.9 Å². The number of nitrogens with zero attached hydrogens (tertiary/aromatic N) is 4. The van der Waals surface area contributed by atoms with E-state index < -0.39 is 5.41 Å². The molecule has 0 unspecified atom stereocenters. The highest BCUT2D eigenvalue weighted by Crippen LogP contribution is 2.45. The normalized spacial score (nSPS) is 17.0. The van der Waals surface area contributed by atoms with Crippen molar-refractivity contribution < 1.29 is 19.0 Å². The lowest BCUT2D eigenvalue weighted by Crippen LogP contribution is -2.35. The molecular weight excluding hydrogens is 374 g/mol. The Labute approximate surface area is 169 Å². The van der Waals surface area contributed by atoms with E-state index in [1.807, 2.05) is 18.2 Å². The van der Waals surface area contributed by atoms with E-state index in [0.29, 0.717) is 36.5 Å². The summed E-state index contributed by atoms with van der Waals surface area (Å²) in [5, 5.41) is 0. The van der Waals surface area contributed by atoms with Gasteiger partial charge < -0.3 is 24.8 Å². The topological polar surface area (TPSA) is 113 Å². The van der Waals surface area contributed by atoms with Crippen LogP contribution in [0.25, 0.3) is 0 Å². The van der Waals surface area contributed by atoms with E-state index in [0.717, 1.165) is 31.2 Å². The highest BCUT2D eigenvalue weighted by Gasteiger charge is 2.44. The molecule has 154 valence electrons. The summed E-state index contributed by atoms with van der Waals surface area (Å²) in [4.78, 5) is 27.4. The molecule has 1 saturated carbocycles. The van der Waals surface area contributed by atoms with Crippen LogP contribution in [0.5, 0.6) is 11.5 Å². The number of benzene rings is 1. The van der Waals surface area contributed by atoms with E-state index in [4.69, 9.17) is 19.9 Å². The molecule has 0 bridgehead atoms. The van der Waals surface area contributed by atoms with Gasteiger partial charge in [0.1, 0.15) is 13.2 Å². The number of rotatable bonds is 5. The number of hydrogen-bond donors (Lipinski definition) is 1. The Kier molecular flexibility index (Phi) is 5.12. The van der Waals surface area contributed by atoms with E-state index in [2.05, 4.69) is 15.0 Å². The zero-order valence-electron chi connectivity index (χ0n) is 16.7. The molecule has 29 heavy (non-hydrogen) atoms. The fourth-order valence-electron chi connectivity index (χ4n) is 3.89. The molecule has 1 aliphatic carbocycles. The van der Waals surface area contributed by atoms with Gasteiger partial charge in [0, 0.05) is 14.1 Å². The average molecular weight is 399 g/mol. The lowest BCUT2D eigenvalue weighted by atomic mass is 9.78. The van der Waals surface area contributed by atoms with E-state index in [1.54, 1.807) is 19.0 Å². The average Bonchev–Trinajstić information content (AvgIpc) is 3.22. The molecule has 2 aromatic rings. The first-order chi connectivity index (χ1) is 14.0. The molecule has 0 spiro atoms. The molecule has 9 heteroatoms. The van der Waals surface area contributed by atoms with Crippen LogP contribution in [-0.2, 0) is 21.6 Å². The Morgan fingerprint density at radius 3 is 2.59 bits per heavy atom. The Hall–Kier alpha value is -3.10. The minimum absolute atomic E-state index is 0.0569. The number of ether oxygens (including phenoxy) is 3. The van der Waals surface area contributed by atoms with Gasteiger partial charge in [0.25, 0.3) is 0 Å². The first kappa shape index (κ1) is 19.2. The van der Waals surface area contributed by atoms with E-state index in [9.17, 15) is 4.79 Å². The van der Waals surface area contributed by atoms with Crippen LogP contribution in [-0.4, -0.2) is 48.2 Å². The summed E-state index contributed by atoms with van der Waals surface area (Å²) in [5.41, 5.74) is 5.95. The first-order valence-corrected chi connectivity index (χ1v) is 9.73. The molecule has 0 atom stereocenters. The maximum Gasteiger partial charge on any atom is 0.317 e. The minimum Gasteiger partial charge on any atom is -0.486 e. The molecule has 2 N–H and O–H groups in total. The number of nitrogen functional groups attached to an aromatic ring is 1. The van der Waals surface area contributed by atoms with Crippen molar-refractivity contribution in [2.24, 2.45) is 0 Å². The van der Waals surface area contributed by atoms with Crippen LogP contribution in [0.1, 0.15) is 37.1 Å². The number of nitrogens with two attached hydrogens (primary N) is 1. The number of carbonyl (C=O) groups excluding carboxylic acids is 1. The highest BCUT2D eigenvalue weighted by atomic mass is 16.6. The van der Waals surface area contributed by atoms with Crippen molar-refractivity contribution in [3.63, 3.8) is 0 Å². The van der Waals surface area contributed by atoms with Crippen LogP contribution in [0.3, 0.4) is 0 Å². The predicted molar refractivity (Wildman–Crippen MR) is 106 cm³/mol. The Balaban J connectivity index is 1.55. The molecule has 1 aliphatic heterocycles. The number of esters is 1. The summed E-state index contributed by atoms with van der Waals surface area (Å²) in [6.07, 6.45) is 3.39. The van der Waals surface area contributed by atoms with Crippen molar-refractivity contribution in [1.82, 2.24) is 15.0 Å². The third-order valence-electron chi connectivity index (χ3n) is 5.36. The third kappa shape index (κ3) is 3.76. The molecule has 2 heterocycles. The van der Waals surface area contributed by atoms with Gasteiger partial charge in [-0.2, -0.15) is 15.0 Å². The number of fused-ring (bicyclic) bond motifs is 1. The van der Waals surface area contributed by atoms with Crippen LogP contribution in [0.2, 0.25) is 0 Å². The monoisotopic (exact) mass is 399 g/mol. The van der Waals surface area contributed by atoms with Crippen molar-refractivity contribution in [2.75, 3.05) is 37.9 Å².